The Kier molecular flexibility index (Phi) is 6.09. The van der Waals surface area contributed by atoms with Crippen LogP contribution in [0.5, 0.6) is 0 Å². The van der Waals surface area contributed by atoms with Crippen LogP contribution in [-0.4, -0.2) is 44.4 Å². The van der Waals surface area contributed by atoms with Crippen LogP contribution in [0.1, 0.15) is 26.2 Å². The summed E-state index contributed by atoms with van der Waals surface area (Å²) < 4.78 is 26.8. The molecule has 0 spiro atoms. The molecule has 7 nitrogen and oxygen atoms in total. The first-order valence-corrected chi connectivity index (χ1v) is 9.33. The van der Waals surface area contributed by atoms with Crippen molar-refractivity contribution >= 4 is 15.7 Å². The summed E-state index contributed by atoms with van der Waals surface area (Å²) in [6.45, 7) is 5.67. The van der Waals surface area contributed by atoms with Gasteiger partial charge in [0.15, 0.2) is 0 Å². The zero-order chi connectivity index (χ0) is 16.9. The molecule has 1 N–H and O–H groups in total. The molecule has 1 aliphatic rings. The zero-order valence-electron chi connectivity index (χ0n) is 13.3. The van der Waals surface area contributed by atoms with Crippen LogP contribution in [0.25, 0.3) is 0 Å². The topological polar surface area (TPSA) is 92.6 Å². The molecule has 128 valence electrons. The molecule has 0 atom stereocenters. The van der Waals surface area contributed by atoms with Gasteiger partial charge in [-0.1, -0.05) is 6.92 Å². The molecule has 0 bridgehead atoms. The third kappa shape index (κ3) is 5.26. The maximum Gasteiger partial charge on any atom is 0.269 e. The fourth-order valence-corrected chi connectivity index (χ4v) is 3.70. The number of piperidine rings is 1. The van der Waals surface area contributed by atoms with Gasteiger partial charge in [0, 0.05) is 18.7 Å². The van der Waals surface area contributed by atoms with E-state index in [2.05, 4.69) is 16.5 Å². The molecule has 0 aliphatic carbocycles. The predicted octanol–water partition coefficient (Wildman–Crippen LogP) is 2.00. The number of hydrogen-bond donors (Lipinski definition) is 1. The molecule has 0 unspecified atom stereocenters. The molecule has 8 heteroatoms. The molecular formula is C15H23N3O4S. The van der Waals surface area contributed by atoms with Crippen LogP contribution >= 0.6 is 0 Å². The second-order valence-electron chi connectivity index (χ2n) is 6.03. The maximum atomic E-state index is 12.1. The molecular weight excluding hydrogens is 318 g/mol. The van der Waals surface area contributed by atoms with E-state index in [9.17, 15) is 18.5 Å². The summed E-state index contributed by atoms with van der Waals surface area (Å²) in [7, 11) is -3.61. The number of rotatable bonds is 7. The van der Waals surface area contributed by atoms with E-state index >= 15 is 0 Å². The highest BCUT2D eigenvalue weighted by molar-refractivity contribution is 7.89. The fraction of sp³-hybridized carbons (Fsp3) is 0.600. The number of nitro benzene ring substituents is 1. The minimum atomic E-state index is -3.61. The van der Waals surface area contributed by atoms with Gasteiger partial charge in [-0.25, -0.2) is 13.1 Å². The van der Waals surface area contributed by atoms with Crippen LogP contribution in [0.2, 0.25) is 0 Å². The Labute approximate surface area is 136 Å². The lowest BCUT2D eigenvalue weighted by atomic mass is 9.99. The van der Waals surface area contributed by atoms with Crippen LogP contribution in [0.15, 0.2) is 29.2 Å². The average molecular weight is 341 g/mol. The summed E-state index contributed by atoms with van der Waals surface area (Å²) in [6.07, 6.45) is 3.16. The largest absolute Gasteiger partial charge is 0.303 e. The predicted molar refractivity (Wildman–Crippen MR) is 87.7 cm³/mol. The van der Waals surface area contributed by atoms with Gasteiger partial charge >= 0.3 is 0 Å². The van der Waals surface area contributed by atoms with Crippen LogP contribution in [0.3, 0.4) is 0 Å². The summed E-state index contributed by atoms with van der Waals surface area (Å²) in [4.78, 5) is 12.4. The van der Waals surface area contributed by atoms with Crippen LogP contribution in [0, 0.1) is 16.0 Å². The van der Waals surface area contributed by atoms with Gasteiger partial charge in [0.1, 0.15) is 0 Å². The molecule has 1 aliphatic heterocycles. The van der Waals surface area contributed by atoms with Gasteiger partial charge in [-0.15, -0.1) is 0 Å². The third-order valence-electron chi connectivity index (χ3n) is 4.18. The monoisotopic (exact) mass is 341 g/mol. The Morgan fingerprint density at radius 1 is 1.26 bits per heavy atom. The van der Waals surface area contributed by atoms with E-state index < -0.39 is 14.9 Å². The lowest BCUT2D eigenvalue weighted by Crippen LogP contribution is -2.35. The molecule has 0 aromatic heterocycles. The molecule has 2 rings (SSSR count). The highest BCUT2D eigenvalue weighted by Gasteiger charge is 2.17. The van der Waals surface area contributed by atoms with Crippen LogP contribution in [-0.2, 0) is 10.0 Å². The van der Waals surface area contributed by atoms with Crippen molar-refractivity contribution in [1.29, 1.82) is 0 Å². The van der Waals surface area contributed by atoms with E-state index in [0.717, 1.165) is 32.0 Å². The quantitative estimate of drug-likeness (QED) is 0.465. The van der Waals surface area contributed by atoms with Crippen molar-refractivity contribution in [3.63, 3.8) is 0 Å². The third-order valence-corrected chi connectivity index (χ3v) is 5.65. The Balaban J connectivity index is 1.78. The number of nitrogens with one attached hydrogen (secondary N) is 1. The molecule has 1 heterocycles. The Morgan fingerprint density at radius 2 is 1.87 bits per heavy atom. The van der Waals surface area contributed by atoms with Gasteiger partial charge in [-0.3, -0.25) is 10.1 Å². The Hall–Kier alpha value is -1.51. The second-order valence-corrected chi connectivity index (χ2v) is 7.79. The lowest BCUT2D eigenvalue weighted by molar-refractivity contribution is -0.384. The SMILES string of the molecule is CC1CCN(CCCNS(=O)(=O)c2ccc([N+](=O)[O-])cc2)CC1. The van der Waals surface area contributed by atoms with Crippen LogP contribution in [0.4, 0.5) is 5.69 Å². The molecule has 1 saturated heterocycles. The number of benzene rings is 1. The van der Waals surface area contributed by atoms with Gasteiger partial charge < -0.3 is 4.90 Å². The Morgan fingerprint density at radius 3 is 2.43 bits per heavy atom. The highest BCUT2D eigenvalue weighted by Crippen LogP contribution is 2.17. The van der Waals surface area contributed by atoms with Crippen molar-refractivity contribution in [3.05, 3.63) is 34.4 Å². The van der Waals surface area contributed by atoms with Gasteiger partial charge in [-0.05, 0) is 56.9 Å². The summed E-state index contributed by atoms with van der Waals surface area (Å²) in [6, 6.07) is 4.91. The molecule has 1 aromatic rings. The molecule has 0 radical (unpaired) electrons. The first kappa shape index (κ1) is 17.8. The zero-order valence-corrected chi connectivity index (χ0v) is 14.1. The van der Waals surface area contributed by atoms with Crippen molar-refractivity contribution in [2.24, 2.45) is 5.92 Å². The number of non-ortho nitro benzene ring substituents is 1. The van der Waals surface area contributed by atoms with Gasteiger partial charge in [0.2, 0.25) is 10.0 Å². The van der Waals surface area contributed by atoms with Crippen molar-refractivity contribution < 1.29 is 13.3 Å². The average Bonchev–Trinajstić information content (AvgIpc) is 2.53. The number of likely N-dealkylation sites (tertiary alicyclic amines) is 1. The number of hydrogen-bond acceptors (Lipinski definition) is 5. The molecule has 23 heavy (non-hydrogen) atoms. The van der Waals surface area contributed by atoms with E-state index in [4.69, 9.17) is 0 Å². The molecule has 1 aromatic carbocycles. The highest BCUT2D eigenvalue weighted by atomic mass is 32.2. The van der Waals surface area contributed by atoms with E-state index in [1.54, 1.807) is 0 Å². The number of nitro groups is 1. The number of nitrogens with zero attached hydrogens (tertiary/aromatic N) is 2. The van der Waals surface area contributed by atoms with E-state index in [1.807, 2.05) is 0 Å². The summed E-state index contributed by atoms with van der Waals surface area (Å²) in [5.74, 6) is 0.784. The van der Waals surface area contributed by atoms with Crippen molar-refractivity contribution in [3.8, 4) is 0 Å². The minimum Gasteiger partial charge on any atom is -0.303 e. The summed E-state index contributed by atoms with van der Waals surface area (Å²) >= 11 is 0. The standard InChI is InChI=1S/C15H23N3O4S/c1-13-7-11-17(12-8-13)10-2-9-16-23(21,22)15-5-3-14(4-6-15)18(19)20/h3-6,13,16H,2,7-12H2,1H3. The molecule has 1 fully saturated rings. The first-order chi connectivity index (χ1) is 10.9. The van der Waals surface area contributed by atoms with Crippen molar-refractivity contribution in [2.75, 3.05) is 26.2 Å². The normalized spacial score (nSPS) is 17.3. The van der Waals surface area contributed by atoms with E-state index in [0.29, 0.717) is 6.54 Å². The first-order valence-electron chi connectivity index (χ1n) is 7.85. The van der Waals surface area contributed by atoms with E-state index in [-0.39, 0.29) is 10.6 Å². The Bertz CT molecular complexity index is 623. The summed E-state index contributed by atoms with van der Waals surface area (Å²) in [5, 5.41) is 10.6. The minimum absolute atomic E-state index is 0.0508. The van der Waals surface area contributed by atoms with Gasteiger partial charge in [0.25, 0.3) is 5.69 Å². The van der Waals surface area contributed by atoms with Gasteiger partial charge in [-0.2, -0.15) is 0 Å². The van der Waals surface area contributed by atoms with Crippen molar-refractivity contribution in [2.45, 2.75) is 31.1 Å². The fourth-order valence-electron chi connectivity index (χ4n) is 2.63. The smallest absolute Gasteiger partial charge is 0.269 e. The van der Waals surface area contributed by atoms with Gasteiger partial charge in [0.05, 0.1) is 9.82 Å². The lowest BCUT2D eigenvalue weighted by Gasteiger charge is -2.30. The summed E-state index contributed by atoms with van der Waals surface area (Å²) in [5.41, 5.74) is -0.122. The molecule has 0 saturated carbocycles. The van der Waals surface area contributed by atoms with Crippen LogP contribution < -0.4 is 4.72 Å². The number of sulfonamides is 1. The van der Waals surface area contributed by atoms with E-state index in [1.165, 1.54) is 37.1 Å². The van der Waals surface area contributed by atoms with Crippen molar-refractivity contribution in [1.82, 2.24) is 9.62 Å². The molecule has 0 amide bonds. The maximum absolute atomic E-state index is 12.1. The second kappa shape index (κ2) is 7.85.